The fourth-order valence-corrected chi connectivity index (χ4v) is 9.26. The van der Waals surface area contributed by atoms with Crippen molar-refractivity contribution in [3.8, 4) is 28.3 Å². The zero-order chi connectivity index (χ0) is 32.8. The van der Waals surface area contributed by atoms with Crippen molar-refractivity contribution >= 4 is 85.8 Å². The number of hydrogen-bond donors (Lipinski definition) is 0. The summed E-state index contributed by atoms with van der Waals surface area (Å²) in [4.78, 5) is 10.4. The van der Waals surface area contributed by atoms with Crippen molar-refractivity contribution in [2.45, 2.75) is 0 Å². The van der Waals surface area contributed by atoms with Crippen molar-refractivity contribution in [1.29, 1.82) is 0 Å². The number of rotatable bonds is 3. The van der Waals surface area contributed by atoms with E-state index in [9.17, 15) is 0 Å². The molecule has 0 atom stereocenters. The molecule has 0 unspecified atom stereocenters. The number of thiophene rings is 1. The highest BCUT2D eigenvalue weighted by Gasteiger charge is 2.22. The molecule has 0 amide bonds. The Hall–Kier alpha value is -6.36. The Morgan fingerprint density at radius 3 is 1.94 bits per heavy atom. The molecule has 8 aromatic carbocycles. The Morgan fingerprint density at radius 1 is 0.460 bits per heavy atom. The van der Waals surface area contributed by atoms with E-state index in [1.807, 2.05) is 11.3 Å². The van der Waals surface area contributed by atoms with E-state index in [-0.39, 0.29) is 0 Å². The van der Waals surface area contributed by atoms with Crippen LogP contribution in [0.15, 0.2) is 164 Å². The van der Waals surface area contributed by atoms with Crippen LogP contribution < -0.4 is 0 Å². The van der Waals surface area contributed by atoms with Crippen LogP contribution >= 0.6 is 11.3 Å². The number of hydrogen-bond acceptors (Lipinski definition) is 3. The summed E-state index contributed by atoms with van der Waals surface area (Å²) in [6.45, 7) is 0. The third-order valence-corrected chi connectivity index (χ3v) is 11.4. The monoisotopic (exact) mass is 653 g/mol. The van der Waals surface area contributed by atoms with Gasteiger partial charge in [0.25, 0.3) is 0 Å². The molecule has 11 aromatic rings. The lowest BCUT2D eigenvalue weighted by Crippen LogP contribution is -1.97. The molecule has 3 aromatic heterocycles. The topological polar surface area (TPSA) is 30.7 Å². The number of para-hydroxylation sites is 2. The highest BCUT2D eigenvalue weighted by molar-refractivity contribution is 7.27. The van der Waals surface area contributed by atoms with Crippen molar-refractivity contribution in [3.05, 3.63) is 164 Å². The number of nitrogens with zero attached hydrogens (tertiary/aromatic N) is 3. The molecule has 0 aliphatic heterocycles. The molecule has 11 rings (SSSR count). The van der Waals surface area contributed by atoms with Gasteiger partial charge in [-0.3, -0.25) is 0 Å². The largest absolute Gasteiger partial charge is 0.308 e. The molecule has 0 spiro atoms. The molecule has 0 N–H and O–H groups in total. The van der Waals surface area contributed by atoms with Crippen molar-refractivity contribution in [2.24, 2.45) is 0 Å². The Morgan fingerprint density at radius 2 is 1.10 bits per heavy atom. The minimum Gasteiger partial charge on any atom is -0.308 e. The Kier molecular flexibility index (Phi) is 5.83. The number of aromatic nitrogens is 3. The maximum absolute atomic E-state index is 5.27. The smallest absolute Gasteiger partial charge is 0.160 e. The SMILES string of the molecule is c1ccc2c(-c3nc(-c4ccc(-n5c6ccccc6c6c7ccccc7c7c8ccccc8sc7c65)cc4)nc4ccccc34)cccc2c1. The molecule has 0 bridgehead atoms. The van der Waals surface area contributed by atoms with Gasteiger partial charge < -0.3 is 4.57 Å². The van der Waals surface area contributed by atoms with Gasteiger partial charge in [-0.1, -0.05) is 121 Å². The first-order valence-electron chi connectivity index (χ1n) is 16.9. The molecular weight excluding hydrogens is 627 g/mol. The highest BCUT2D eigenvalue weighted by Crippen LogP contribution is 2.47. The fourth-order valence-electron chi connectivity index (χ4n) is 8.00. The van der Waals surface area contributed by atoms with Gasteiger partial charge in [0.2, 0.25) is 0 Å². The normalized spacial score (nSPS) is 12.0. The molecule has 0 saturated heterocycles. The van der Waals surface area contributed by atoms with Crippen LogP contribution in [0.25, 0.3) is 103 Å². The van der Waals surface area contributed by atoms with Crippen molar-refractivity contribution < 1.29 is 0 Å². The standard InChI is InChI=1S/C46H27N3S/c1-2-14-31-28(12-1)13-11-20-34(31)43-35-17-5-8-21-38(35)47-46(48-43)29-24-26-30(27-25-29)49-39-22-9-6-18-36(39)41-32-15-3-4-16-33(32)42-37-19-7-10-23-40(37)50-45(42)44(41)49/h1-27H. The Bertz CT molecular complexity index is 3140. The first-order chi connectivity index (χ1) is 24.8. The van der Waals surface area contributed by atoms with Crippen LogP contribution in [0, 0.1) is 0 Å². The molecule has 0 aliphatic carbocycles. The predicted molar refractivity (Wildman–Crippen MR) is 213 cm³/mol. The molecule has 0 radical (unpaired) electrons. The van der Waals surface area contributed by atoms with E-state index in [1.54, 1.807) is 0 Å². The summed E-state index contributed by atoms with van der Waals surface area (Å²) in [5, 5.41) is 11.2. The van der Waals surface area contributed by atoms with Crippen molar-refractivity contribution in [1.82, 2.24) is 14.5 Å². The molecule has 0 aliphatic rings. The second-order valence-corrected chi connectivity index (χ2v) is 14.0. The van der Waals surface area contributed by atoms with E-state index >= 15 is 0 Å². The molecule has 0 saturated carbocycles. The molecule has 4 heteroatoms. The zero-order valence-corrected chi connectivity index (χ0v) is 27.7. The molecule has 50 heavy (non-hydrogen) atoms. The van der Waals surface area contributed by atoms with Crippen LogP contribution in [0.2, 0.25) is 0 Å². The van der Waals surface area contributed by atoms with Gasteiger partial charge in [-0.25, -0.2) is 9.97 Å². The summed E-state index contributed by atoms with van der Waals surface area (Å²) in [7, 11) is 0. The van der Waals surface area contributed by atoms with Gasteiger partial charge in [0.15, 0.2) is 5.82 Å². The third kappa shape index (κ3) is 3.91. The maximum Gasteiger partial charge on any atom is 0.160 e. The van der Waals surface area contributed by atoms with E-state index < -0.39 is 0 Å². The second-order valence-electron chi connectivity index (χ2n) is 12.9. The van der Waals surface area contributed by atoms with Crippen LogP contribution in [-0.2, 0) is 0 Å². The summed E-state index contributed by atoms with van der Waals surface area (Å²) < 4.78 is 5.09. The molecule has 232 valence electrons. The number of fused-ring (bicyclic) bond motifs is 12. The van der Waals surface area contributed by atoms with Gasteiger partial charge in [-0.05, 0) is 64.0 Å². The molecular formula is C46H27N3S. The van der Waals surface area contributed by atoms with E-state index in [0.29, 0.717) is 0 Å². The van der Waals surface area contributed by atoms with Crippen LogP contribution in [0.1, 0.15) is 0 Å². The van der Waals surface area contributed by atoms with Gasteiger partial charge in [-0.15, -0.1) is 11.3 Å². The van der Waals surface area contributed by atoms with Crippen LogP contribution in [-0.4, -0.2) is 14.5 Å². The lowest BCUT2D eigenvalue weighted by atomic mass is 9.99. The average Bonchev–Trinajstić information content (AvgIpc) is 3.75. The molecule has 0 fully saturated rings. The van der Waals surface area contributed by atoms with Crippen molar-refractivity contribution in [2.75, 3.05) is 0 Å². The maximum atomic E-state index is 5.27. The van der Waals surface area contributed by atoms with Crippen LogP contribution in [0.3, 0.4) is 0 Å². The zero-order valence-electron chi connectivity index (χ0n) is 26.8. The van der Waals surface area contributed by atoms with Gasteiger partial charge >= 0.3 is 0 Å². The lowest BCUT2D eigenvalue weighted by molar-refractivity contribution is 1.18. The summed E-state index contributed by atoms with van der Waals surface area (Å²) in [6.07, 6.45) is 0. The second kappa shape index (κ2) is 10.6. The summed E-state index contributed by atoms with van der Waals surface area (Å²) in [5.74, 6) is 0.721. The molecule has 3 heterocycles. The summed E-state index contributed by atoms with van der Waals surface area (Å²) >= 11 is 1.89. The van der Waals surface area contributed by atoms with Gasteiger partial charge in [-0.2, -0.15) is 0 Å². The quantitative estimate of drug-likeness (QED) is 0.190. The summed E-state index contributed by atoms with van der Waals surface area (Å²) in [5.41, 5.74) is 7.56. The van der Waals surface area contributed by atoms with Gasteiger partial charge in [0.1, 0.15) is 0 Å². The highest BCUT2D eigenvalue weighted by atomic mass is 32.1. The molecule has 3 nitrogen and oxygen atoms in total. The van der Waals surface area contributed by atoms with Gasteiger partial charge in [0.05, 0.1) is 26.9 Å². The fraction of sp³-hybridized carbons (Fsp3) is 0. The van der Waals surface area contributed by atoms with E-state index in [1.165, 1.54) is 63.5 Å². The van der Waals surface area contributed by atoms with E-state index in [4.69, 9.17) is 9.97 Å². The summed E-state index contributed by atoms with van der Waals surface area (Å²) in [6, 6.07) is 58.6. The first kappa shape index (κ1) is 27.6. The van der Waals surface area contributed by atoms with E-state index in [2.05, 4.69) is 168 Å². The predicted octanol–water partition coefficient (Wildman–Crippen LogP) is 12.7. The van der Waals surface area contributed by atoms with Crippen molar-refractivity contribution in [3.63, 3.8) is 0 Å². The minimum absolute atomic E-state index is 0.721. The first-order valence-corrected chi connectivity index (χ1v) is 17.7. The van der Waals surface area contributed by atoms with Gasteiger partial charge in [0, 0.05) is 48.4 Å². The van der Waals surface area contributed by atoms with E-state index in [0.717, 1.165) is 39.2 Å². The van der Waals surface area contributed by atoms with Crippen LogP contribution in [0.5, 0.6) is 0 Å². The lowest BCUT2D eigenvalue weighted by Gasteiger charge is -2.13. The minimum atomic E-state index is 0.721. The van der Waals surface area contributed by atoms with Crippen LogP contribution in [0.4, 0.5) is 0 Å². The number of benzene rings is 8. The third-order valence-electron chi connectivity index (χ3n) is 10.2. The average molecular weight is 654 g/mol. The Balaban J connectivity index is 1.16. The Labute approximate surface area is 291 Å².